The second-order valence-corrected chi connectivity index (χ2v) is 5.09. The lowest BCUT2D eigenvalue weighted by Crippen LogP contribution is -2.42. The lowest BCUT2D eigenvalue weighted by atomic mass is 10.1. The van der Waals surface area contributed by atoms with Gasteiger partial charge in [0.1, 0.15) is 6.04 Å². The van der Waals surface area contributed by atoms with Gasteiger partial charge in [-0.1, -0.05) is 0 Å². The van der Waals surface area contributed by atoms with E-state index in [1.54, 1.807) is 0 Å². The van der Waals surface area contributed by atoms with Crippen LogP contribution in [0.25, 0.3) is 0 Å². The highest BCUT2D eigenvalue weighted by molar-refractivity contribution is 5.98. The quantitative estimate of drug-likeness (QED) is 0.641. The van der Waals surface area contributed by atoms with Crippen molar-refractivity contribution in [3.63, 3.8) is 0 Å². The molecule has 0 aliphatic heterocycles. The Balaban J connectivity index is 2.93. The Morgan fingerprint density at radius 3 is 1.92 bits per heavy atom. The number of nitrogens with two attached hydrogens (primary N) is 1. The van der Waals surface area contributed by atoms with E-state index in [4.69, 9.17) is 24.7 Å². The van der Waals surface area contributed by atoms with Crippen LogP contribution in [0.4, 0.5) is 0 Å². The minimum atomic E-state index is -1.09. The first-order valence-corrected chi connectivity index (χ1v) is 7.35. The van der Waals surface area contributed by atoms with Crippen LogP contribution in [0, 0.1) is 0 Å². The first-order valence-electron chi connectivity index (χ1n) is 7.35. The van der Waals surface area contributed by atoms with Gasteiger partial charge in [-0.25, -0.2) is 4.79 Å². The maximum Gasteiger partial charge on any atom is 0.329 e. The Kier molecular flexibility index (Phi) is 7.04. The third-order valence-corrected chi connectivity index (χ3v) is 3.32. The van der Waals surface area contributed by atoms with Crippen LogP contribution in [-0.4, -0.2) is 51.3 Å². The summed E-state index contributed by atoms with van der Waals surface area (Å²) in [5.41, 5.74) is 5.22. The van der Waals surface area contributed by atoms with Gasteiger partial charge in [-0.15, -0.1) is 0 Å². The zero-order chi connectivity index (χ0) is 19.1. The summed E-state index contributed by atoms with van der Waals surface area (Å²) in [6.45, 7) is 2.76. The van der Waals surface area contributed by atoms with Gasteiger partial charge in [0.2, 0.25) is 5.75 Å². The van der Waals surface area contributed by atoms with E-state index in [-0.39, 0.29) is 5.56 Å². The fourth-order valence-electron chi connectivity index (χ4n) is 1.89. The van der Waals surface area contributed by atoms with Crippen molar-refractivity contribution < 1.29 is 33.3 Å². The molecule has 2 atom stereocenters. The largest absolute Gasteiger partial charge is 0.493 e. The molecule has 0 aliphatic carbocycles. The van der Waals surface area contributed by atoms with E-state index in [0.717, 1.165) is 0 Å². The fraction of sp³-hybridized carbons (Fsp3) is 0.438. The Morgan fingerprint density at radius 1 is 1.00 bits per heavy atom. The zero-order valence-corrected chi connectivity index (χ0v) is 14.7. The topological polar surface area (TPSA) is 126 Å². The van der Waals surface area contributed by atoms with E-state index in [2.05, 4.69) is 5.32 Å². The van der Waals surface area contributed by atoms with Crippen molar-refractivity contribution in [1.82, 2.24) is 5.32 Å². The summed E-state index contributed by atoms with van der Waals surface area (Å²) in [6, 6.07) is 1.90. The molecule has 0 spiro atoms. The number of hydrogen-bond donors (Lipinski definition) is 2. The van der Waals surface area contributed by atoms with Crippen LogP contribution in [0.2, 0.25) is 0 Å². The average molecular weight is 354 g/mol. The van der Waals surface area contributed by atoms with Crippen molar-refractivity contribution in [3.8, 4) is 17.2 Å². The highest BCUT2D eigenvalue weighted by Gasteiger charge is 2.23. The third-order valence-electron chi connectivity index (χ3n) is 3.32. The molecule has 0 unspecified atom stereocenters. The van der Waals surface area contributed by atoms with Gasteiger partial charge in [0, 0.05) is 5.56 Å². The summed E-state index contributed by atoms with van der Waals surface area (Å²) in [5, 5.41) is 2.46. The zero-order valence-electron chi connectivity index (χ0n) is 14.7. The molecule has 1 rings (SSSR count). The first kappa shape index (κ1) is 20.1. The smallest absolute Gasteiger partial charge is 0.329 e. The number of nitrogens with one attached hydrogen (secondary N) is 1. The maximum absolute atomic E-state index is 12.4. The van der Waals surface area contributed by atoms with Crippen molar-refractivity contribution in [1.29, 1.82) is 0 Å². The Hall–Kier alpha value is -2.97. The minimum Gasteiger partial charge on any atom is -0.493 e. The standard InChI is InChI=1S/C16H22N2O7/c1-8(16(21)25-9(2)14(17)19)18-15(20)10-6-11(22-3)13(24-5)12(7-10)23-4/h6-9H,1-5H3,(H2,17,19)(H,18,20)/t8-,9-/m0/s1. The van der Waals surface area contributed by atoms with E-state index >= 15 is 0 Å². The molecule has 25 heavy (non-hydrogen) atoms. The average Bonchev–Trinajstić information content (AvgIpc) is 2.59. The number of esters is 1. The van der Waals surface area contributed by atoms with Crippen molar-refractivity contribution in [2.75, 3.05) is 21.3 Å². The molecule has 0 fully saturated rings. The number of amides is 2. The molecule has 0 aliphatic rings. The molecule has 0 bridgehead atoms. The van der Waals surface area contributed by atoms with Gasteiger partial charge in [0.15, 0.2) is 17.6 Å². The van der Waals surface area contributed by atoms with Gasteiger partial charge >= 0.3 is 5.97 Å². The number of methoxy groups -OCH3 is 3. The van der Waals surface area contributed by atoms with Crippen LogP contribution >= 0.6 is 0 Å². The number of carbonyl (C=O) groups excluding carboxylic acids is 3. The first-order chi connectivity index (χ1) is 11.7. The van der Waals surface area contributed by atoms with Crippen LogP contribution in [0.15, 0.2) is 12.1 Å². The molecule has 0 saturated heterocycles. The van der Waals surface area contributed by atoms with Crippen LogP contribution in [0.1, 0.15) is 24.2 Å². The van der Waals surface area contributed by atoms with E-state index in [9.17, 15) is 14.4 Å². The Morgan fingerprint density at radius 2 is 1.52 bits per heavy atom. The molecular weight excluding hydrogens is 332 g/mol. The van der Waals surface area contributed by atoms with Gasteiger partial charge in [-0.2, -0.15) is 0 Å². The highest BCUT2D eigenvalue weighted by atomic mass is 16.5. The van der Waals surface area contributed by atoms with Crippen LogP contribution in [0.5, 0.6) is 17.2 Å². The van der Waals surface area contributed by atoms with Crippen molar-refractivity contribution in [3.05, 3.63) is 17.7 Å². The number of benzene rings is 1. The number of ether oxygens (including phenoxy) is 4. The van der Waals surface area contributed by atoms with Crippen molar-refractivity contribution in [2.45, 2.75) is 26.0 Å². The number of rotatable bonds is 8. The summed E-state index contributed by atoms with van der Waals surface area (Å²) >= 11 is 0. The summed E-state index contributed by atoms with van der Waals surface area (Å²) < 4.78 is 20.4. The molecule has 0 heterocycles. The predicted octanol–water partition coefficient (Wildman–Crippen LogP) is 0.248. The number of carbonyl (C=O) groups is 3. The molecule has 1 aromatic carbocycles. The van der Waals surface area contributed by atoms with Crippen LogP contribution in [0.3, 0.4) is 0 Å². The Bertz CT molecular complexity index is 635. The van der Waals surface area contributed by atoms with E-state index < -0.39 is 29.9 Å². The van der Waals surface area contributed by atoms with E-state index in [0.29, 0.717) is 17.2 Å². The number of primary amides is 1. The third kappa shape index (κ3) is 5.00. The predicted molar refractivity (Wildman–Crippen MR) is 87.8 cm³/mol. The van der Waals surface area contributed by atoms with E-state index in [1.807, 2.05) is 0 Å². The van der Waals surface area contributed by atoms with Crippen LogP contribution in [-0.2, 0) is 14.3 Å². The molecule has 138 valence electrons. The van der Waals surface area contributed by atoms with Crippen molar-refractivity contribution >= 4 is 17.8 Å². The summed E-state index contributed by atoms with van der Waals surface area (Å²) in [6.07, 6.45) is -1.09. The highest BCUT2D eigenvalue weighted by Crippen LogP contribution is 2.38. The second kappa shape index (κ2) is 8.76. The fourth-order valence-corrected chi connectivity index (χ4v) is 1.89. The summed E-state index contributed by atoms with van der Waals surface area (Å²) in [5.74, 6) is -1.20. The molecule has 3 N–H and O–H groups in total. The maximum atomic E-state index is 12.4. The molecular formula is C16H22N2O7. The number of hydrogen-bond acceptors (Lipinski definition) is 7. The molecule has 0 aromatic heterocycles. The normalized spacial score (nSPS) is 12.5. The van der Waals surface area contributed by atoms with Gasteiger partial charge in [0.25, 0.3) is 11.8 Å². The van der Waals surface area contributed by atoms with Crippen LogP contribution < -0.4 is 25.3 Å². The monoisotopic (exact) mass is 354 g/mol. The second-order valence-electron chi connectivity index (χ2n) is 5.09. The molecule has 9 nitrogen and oxygen atoms in total. The van der Waals surface area contributed by atoms with Gasteiger partial charge in [-0.05, 0) is 26.0 Å². The van der Waals surface area contributed by atoms with Crippen molar-refractivity contribution in [2.24, 2.45) is 5.73 Å². The molecule has 0 saturated carbocycles. The summed E-state index contributed by atoms with van der Waals surface area (Å²) in [4.78, 5) is 35.1. The molecule has 0 radical (unpaired) electrons. The summed E-state index contributed by atoms with van der Waals surface area (Å²) in [7, 11) is 4.28. The Labute approximate surface area is 145 Å². The minimum absolute atomic E-state index is 0.192. The molecule has 9 heteroatoms. The van der Waals surface area contributed by atoms with Gasteiger partial charge < -0.3 is 30.0 Å². The molecule has 1 aromatic rings. The van der Waals surface area contributed by atoms with E-state index in [1.165, 1.54) is 47.3 Å². The SMILES string of the molecule is COc1cc(C(=O)N[C@@H](C)C(=O)O[C@@H](C)C(N)=O)cc(OC)c1OC. The lowest BCUT2D eigenvalue weighted by Gasteiger charge is -2.17. The lowest BCUT2D eigenvalue weighted by molar-refractivity contribution is -0.155. The van der Waals surface area contributed by atoms with Gasteiger partial charge in [-0.3, -0.25) is 9.59 Å². The van der Waals surface area contributed by atoms with Gasteiger partial charge in [0.05, 0.1) is 21.3 Å². The molecule has 2 amide bonds.